The van der Waals surface area contributed by atoms with Gasteiger partial charge in [0.2, 0.25) is 0 Å². The molecule has 0 saturated carbocycles. The molecule has 2 rings (SSSR count). The van der Waals surface area contributed by atoms with Gasteiger partial charge in [0.15, 0.2) is 5.75 Å². The highest BCUT2D eigenvalue weighted by Crippen LogP contribution is 2.43. The normalized spacial score (nSPS) is 16.0. The summed E-state index contributed by atoms with van der Waals surface area (Å²) in [6.07, 6.45) is -5.48. The van der Waals surface area contributed by atoms with Crippen LogP contribution in [-0.2, 0) is 20.5 Å². The van der Waals surface area contributed by atoms with E-state index in [1.807, 2.05) is 0 Å². The van der Waals surface area contributed by atoms with Crippen LogP contribution in [0, 0.1) is 16.0 Å². The lowest BCUT2D eigenvalue weighted by molar-refractivity contribution is -0.386. The number of carboxylic acid groups (broad SMARTS) is 2. The predicted molar refractivity (Wildman–Crippen MR) is 153 cm³/mol. The molecule has 1 aliphatic heterocycles. The third-order valence-electron chi connectivity index (χ3n) is 7.53. The maximum Gasteiger partial charge on any atom is 0.417 e. The molecule has 252 valence electrons. The van der Waals surface area contributed by atoms with Gasteiger partial charge in [-0.25, -0.2) is 14.4 Å². The molecule has 0 aromatic heterocycles. The molecular weight excluding hydrogens is 607 g/mol. The minimum absolute atomic E-state index is 0.0708. The number of nitro groups is 1. The molecule has 0 radical (unpaired) electrons. The van der Waals surface area contributed by atoms with Gasteiger partial charge in [0.1, 0.15) is 5.60 Å². The van der Waals surface area contributed by atoms with Crippen molar-refractivity contribution in [3.63, 3.8) is 0 Å². The van der Waals surface area contributed by atoms with Crippen LogP contribution < -0.4 is 4.74 Å². The van der Waals surface area contributed by atoms with Crippen LogP contribution >= 0.6 is 0 Å². The number of benzene rings is 1. The molecule has 0 spiro atoms. The van der Waals surface area contributed by atoms with E-state index >= 15 is 0 Å². The Morgan fingerprint density at radius 1 is 1.09 bits per heavy atom. The van der Waals surface area contributed by atoms with Gasteiger partial charge in [0.05, 0.1) is 22.1 Å². The minimum Gasteiger partial charge on any atom is -0.478 e. The van der Waals surface area contributed by atoms with Crippen molar-refractivity contribution in [1.82, 2.24) is 9.80 Å². The summed E-state index contributed by atoms with van der Waals surface area (Å²) in [6.45, 7) is 11.1. The quantitative estimate of drug-likeness (QED) is 0.175. The Kier molecular flexibility index (Phi) is 11.5. The molecule has 1 aromatic carbocycles. The topological polar surface area (TPSA) is 177 Å². The number of piperidine rings is 1. The van der Waals surface area contributed by atoms with Gasteiger partial charge in [-0.1, -0.05) is 13.8 Å². The Morgan fingerprint density at radius 2 is 1.64 bits per heavy atom. The lowest BCUT2D eigenvalue weighted by Gasteiger charge is -2.41. The second kappa shape index (κ2) is 13.9. The molecule has 16 heteroatoms. The maximum atomic E-state index is 14.5. The van der Waals surface area contributed by atoms with Gasteiger partial charge < -0.3 is 29.5 Å². The molecule has 0 aliphatic carbocycles. The monoisotopic (exact) mass is 647 g/mol. The number of amides is 2. The molecule has 0 bridgehead atoms. The molecule has 1 aromatic rings. The fourth-order valence-electron chi connectivity index (χ4n) is 5.49. The smallest absolute Gasteiger partial charge is 0.417 e. The molecule has 1 aliphatic rings. The third kappa shape index (κ3) is 8.14. The second-order valence-electron chi connectivity index (χ2n) is 12.1. The van der Waals surface area contributed by atoms with Crippen molar-refractivity contribution in [3.8, 4) is 5.75 Å². The Labute approximate surface area is 258 Å². The molecular formula is C29H40F3N3O10. The van der Waals surface area contributed by atoms with E-state index in [0.29, 0.717) is 18.9 Å². The maximum absolute atomic E-state index is 14.5. The van der Waals surface area contributed by atoms with Crippen LogP contribution in [-0.4, -0.2) is 85.3 Å². The average molecular weight is 648 g/mol. The largest absolute Gasteiger partial charge is 0.478 e. The van der Waals surface area contributed by atoms with Crippen LogP contribution in [0.3, 0.4) is 0 Å². The van der Waals surface area contributed by atoms with E-state index in [1.165, 1.54) is 32.6 Å². The van der Waals surface area contributed by atoms with Crippen molar-refractivity contribution >= 4 is 29.6 Å². The number of aliphatic carboxylic acids is 2. The summed E-state index contributed by atoms with van der Waals surface area (Å²) in [6, 6.07) is -1.08. The molecule has 2 amide bonds. The van der Waals surface area contributed by atoms with E-state index in [0.717, 1.165) is 4.90 Å². The Balaban J connectivity index is 2.74. The van der Waals surface area contributed by atoms with Crippen molar-refractivity contribution in [3.05, 3.63) is 33.4 Å². The fourth-order valence-corrected chi connectivity index (χ4v) is 5.49. The molecule has 1 fully saturated rings. The summed E-state index contributed by atoms with van der Waals surface area (Å²) in [4.78, 5) is 64.5. The zero-order valence-electron chi connectivity index (χ0n) is 26.3. The third-order valence-corrected chi connectivity index (χ3v) is 7.53. The van der Waals surface area contributed by atoms with Gasteiger partial charge in [-0.15, -0.1) is 0 Å². The van der Waals surface area contributed by atoms with Crippen molar-refractivity contribution < 1.29 is 57.0 Å². The van der Waals surface area contributed by atoms with Crippen LogP contribution in [0.25, 0.3) is 0 Å². The lowest BCUT2D eigenvalue weighted by Crippen LogP contribution is -2.57. The zero-order valence-corrected chi connectivity index (χ0v) is 26.3. The zero-order chi connectivity index (χ0) is 34.7. The molecule has 0 unspecified atom stereocenters. The molecule has 2 N–H and O–H groups in total. The van der Waals surface area contributed by atoms with Crippen LogP contribution in [0.1, 0.15) is 90.1 Å². The first-order valence-electron chi connectivity index (χ1n) is 14.5. The standard InChI is InChI=1S/C29H40F3N3O10/c1-8-17(9-2)28(24(37)38,25(39)40)44-22-14-20(29(30,31)32)19(13-21(22)35(42)43)23(36)34(16(3)4)18-11-10-12-33(15-18)26(41)45-27(5,6)7/h13-14,16-18H,8-12,15H2,1-7H3,(H,37,38)(H,39,40)/t18-/m1/s1. The highest BCUT2D eigenvalue weighted by molar-refractivity contribution is 6.03. The summed E-state index contributed by atoms with van der Waals surface area (Å²) in [5, 5.41) is 31.9. The Morgan fingerprint density at radius 3 is 2.07 bits per heavy atom. The molecule has 45 heavy (non-hydrogen) atoms. The Bertz CT molecular complexity index is 1290. The van der Waals surface area contributed by atoms with Gasteiger partial charge in [0, 0.05) is 37.2 Å². The van der Waals surface area contributed by atoms with E-state index in [4.69, 9.17) is 9.47 Å². The first kappa shape index (κ1) is 37.1. The number of ether oxygens (including phenoxy) is 2. The van der Waals surface area contributed by atoms with Gasteiger partial charge in [-0.05, 0) is 60.3 Å². The van der Waals surface area contributed by atoms with Gasteiger partial charge in [-0.2, -0.15) is 13.2 Å². The molecule has 1 saturated heterocycles. The molecule has 1 atom stereocenters. The number of rotatable bonds is 11. The van der Waals surface area contributed by atoms with Crippen LogP contribution in [0.2, 0.25) is 0 Å². The van der Waals surface area contributed by atoms with Crippen molar-refractivity contribution in [2.45, 2.75) is 104 Å². The van der Waals surface area contributed by atoms with Crippen LogP contribution in [0.15, 0.2) is 12.1 Å². The number of carboxylic acids is 2. The van der Waals surface area contributed by atoms with Crippen molar-refractivity contribution in [2.24, 2.45) is 5.92 Å². The SMILES string of the molecule is CCC(CC)C(Oc1cc(C(F)(F)F)c(C(=O)N(C(C)C)[C@@H]2CCCN(C(=O)OC(C)(C)C)C2)cc1[N+](=O)[O-])(C(=O)O)C(=O)O. The first-order valence-corrected chi connectivity index (χ1v) is 14.5. The Hall–Kier alpha value is -4.11. The average Bonchev–Trinajstić information content (AvgIpc) is 2.90. The summed E-state index contributed by atoms with van der Waals surface area (Å²) >= 11 is 0. The van der Waals surface area contributed by atoms with E-state index < -0.39 is 86.8 Å². The second-order valence-corrected chi connectivity index (χ2v) is 12.1. The number of halogens is 3. The number of alkyl halides is 3. The van der Waals surface area contributed by atoms with E-state index in [-0.39, 0.29) is 32.0 Å². The first-order chi connectivity index (χ1) is 20.6. The van der Waals surface area contributed by atoms with Crippen LogP contribution in [0.5, 0.6) is 5.75 Å². The van der Waals surface area contributed by atoms with Crippen LogP contribution in [0.4, 0.5) is 23.7 Å². The number of hydrogen-bond acceptors (Lipinski definition) is 8. The summed E-state index contributed by atoms with van der Waals surface area (Å²) in [5.41, 5.74) is -8.03. The van der Waals surface area contributed by atoms with Gasteiger partial charge >= 0.3 is 35.5 Å². The number of carbonyl (C=O) groups excluding carboxylic acids is 2. The summed E-state index contributed by atoms with van der Waals surface area (Å²) in [7, 11) is 0. The predicted octanol–water partition coefficient (Wildman–Crippen LogP) is 5.59. The van der Waals surface area contributed by atoms with Gasteiger partial charge in [0.25, 0.3) is 5.91 Å². The van der Waals surface area contributed by atoms with Crippen molar-refractivity contribution in [2.75, 3.05) is 13.1 Å². The van der Waals surface area contributed by atoms with E-state index in [1.54, 1.807) is 20.8 Å². The number of nitrogens with zero attached hydrogens (tertiary/aromatic N) is 3. The summed E-state index contributed by atoms with van der Waals surface area (Å²) in [5.74, 6) is -7.93. The molecule has 13 nitrogen and oxygen atoms in total. The highest BCUT2D eigenvalue weighted by atomic mass is 19.4. The molecule has 1 heterocycles. The van der Waals surface area contributed by atoms with E-state index in [2.05, 4.69) is 0 Å². The lowest BCUT2D eigenvalue weighted by atomic mass is 9.83. The fraction of sp³-hybridized carbons (Fsp3) is 0.655. The highest BCUT2D eigenvalue weighted by Gasteiger charge is 2.56. The van der Waals surface area contributed by atoms with Gasteiger partial charge in [-0.3, -0.25) is 14.9 Å². The number of hydrogen-bond donors (Lipinski definition) is 2. The minimum atomic E-state index is -5.31. The number of likely N-dealkylation sites (tertiary alicyclic amines) is 1. The van der Waals surface area contributed by atoms with E-state index in [9.17, 15) is 52.7 Å². The number of carbonyl (C=O) groups is 4. The van der Waals surface area contributed by atoms with Crippen molar-refractivity contribution in [1.29, 1.82) is 0 Å². The number of nitro benzene ring substituents is 1. The summed E-state index contributed by atoms with van der Waals surface area (Å²) < 4.78 is 54.1.